The summed E-state index contributed by atoms with van der Waals surface area (Å²) in [4.78, 5) is 0.144. The van der Waals surface area contributed by atoms with Gasteiger partial charge in [-0.3, -0.25) is 0 Å². The van der Waals surface area contributed by atoms with E-state index in [-0.39, 0.29) is 10.5 Å². The van der Waals surface area contributed by atoms with Crippen LogP contribution < -0.4 is 5.73 Å². The van der Waals surface area contributed by atoms with Gasteiger partial charge in [0.25, 0.3) is 0 Å². The van der Waals surface area contributed by atoms with Crippen LogP contribution in [-0.4, -0.2) is 25.8 Å². The molecule has 1 aliphatic rings. The van der Waals surface area contributed by atoms with Gasteiger partial charge in [0.15, 0.2) is 0 Å². The monoisotopic (exact) mass is 251 g/mol. The van der Waals surface area contributed by atoms with Crippen molar-refractivity contribution < 1.29 is 8.42 Å². The number of benzene rings is 1. The van der Waals surface area contributed by atoms with Gasteiger partial charge < -0.3 is 5.73 Å². The molecule has 1 aromatic carbocycles. The smallest absolute Gasteiger partial charge is 0.243 e. The minimum Gasteiger partial charge on any atom is -0.398 e. The van der Waals surface area contributed by atoms with Crippen molar-refractivity contribution in [2.24, 2.45) is 0 Å². The third-order valence-electron chi connectivity index (χ3n) is 2.85. The molecule has 1 aromatic rings. The summed E-state index contributed by atoms with van der Waals surface area (Å²) in [7, 11) is -3.46. The lowest BCUT2D eigenvalue weighted by Crippen LogP contribution is -2.27. The van der Waals surface area contributed by atoms with Gasteiger partial charge in [-0.25, -0.2) is 8.42 Å². The normalized spacial score (nSPS) is 16.9. The molecule has 0 aromatic heterocycles. The van der Waals surface area contributed by atoms with Crippen LogP contribution in [0.25, 0.3) is 0 Å². The number of hydrogen-bond acceptors (Lipinski definition) is 4. The molecule has 1 fully saturated rings. The van der Waals surface area contributed by atoms with Crippen molar-refractivity contribution in [3.05, 3.63) is 23.8 Å². The summed E-state index contributed by atoms with van der Waals surface area (Å²) < 4.78 is 25.8. The SMILES string of the molecule is N#Cc1cc(S(=O)(=O)N2CCCC2)ccc1N. The number of anilines is 1. The lowest BCUT2D eigenvalue weighted by atomic mass is 10.2. The van der Waals surface area contributed by atoms with Gasteiger partial charge in [-0.05, 0) is 31.0 Å². The average Bonchev–Trinajstić information content (AvgIpc) is 2.83. The van der Waals surface area contributed by atoms with E-state index in [0.29, 0.717) is 18.8 Å². The second kappa shape index (κ2) is 4.35. The zero-order valence-electron chi connectivity index (χ0n) is 9.26. The second-order valence-electron chi connectivity index (χ2n) is 3.97. The van der Waals surface area contributed by atoms with Crippen molar-refractivity contribution in [1.82, 2.24) is 4.31 Å². The summed E-state index contributed by atoms with van der Waals surface area (Å²) in [5.41, 5.74) is 6.06. The molecule has 17 heavy (non-hydrogen) atoms. The number of sulfonamides is 1. The highest BCUT2D eigenvalue weighted by Crippen LogP contribution is 2.23. The van der Waals surface area contributed by atoms with Crippen LogP contribution in [-0.2, 0) is 10.0 Å². The van der Waals surface area contributed by atoms with Gasteiger partial charge >= 0.3 is 0 Å². The highest BCUT2D eigenvalue weighted by atomic mass is 32.2. The maximum absolute atomic E-state index is 12.2. The number of hydrogen-bond donors (Lipinski definition) is 1. The molecule has 0 unspecified atom stereocenters. The molecule has 1 saturated heterocycles. The van der Waals surface area contributed by atoms with Crippen molar-refractivity contribution >= 4 is 15.7 Å². The standard InChI is InChI=1S/C11H13N3O2S/c12-8-9-7-10(3-4-11(9)13)17(15,16)14-5-1-2-6-14/h3-4,7H,1-2,5-6,13H2. The van der Waals surface area contributed by atoms with E-state index in [0.717, 1.165) is 12.8 Å². The molecule has 0 amide bonds. The number of nitrogens with two attached hydrogens (primary N) is 1. The molecule has 1 heterocycles. The molecular formula is C11H13N3O2S. The highest BCUT2D eigenvalue weighted by Gasteiger charge is 2.27. The van der Waals surface area contributed by atoms with E-state index in [9.17, 15) is 8.42 Å². The van der Waals surface area contributed by atoms with Crippen LogP contribution in [0.5, 0.6) is 0 Å². The third kappa shape index (κ3) is 2.12. The van der Waals surface area contributed by atoms with Gasteiger partial charge in [-0.15, -0.1) is 0 Å². The van der Waals surface area contributed by atoms with E-state index in [1.54, 1.807) is 0 Å². The molecule has 5 nitrogen and oxygen atoms in total. The highest BCUT2D eigenvalue weighted by molar-refractivity contribution is 7.89. The topological polar surface area (TPSA) is 87.2 Å². The second-order valence-corrected chi connectivity index (χ2v) is 5.91. The molecule has 2 N–H and O–H groups in total. The van der Waals surface area contributed by atoms with E-state index in [4.69, 9.17) is 11.0 Å². The van der Waals surface area contributed by atoms with Gasteiger partial charge in [0, 0.05) is 18.8 Å². The molecule has 0 saturated carbocycles. The minimum atomic E-state index is -3.46. The van der Waals surface area contributed by atoms with Crippen molar-refractivity contribution in [1.29, 1.82) is 5.26 Å². The Hall–Kier alpha value is -1.58. The van der Waals surface area contributed by atoms with Gasteiger partial charge in [0.05, 0.1) is 10.5 Å². The number of nitrogens with zero attached hydrogens (tertiary/aromatic N) is 2. The first-order valence-electron chi connectivity index (χ1n) is 5.35. The maximum atomic E-state index is 12.2. The molecule has 90 valence electrons. The summed E-state index contributed by atoms with van der Waals surface area (Å²) in [6, 6.07) is 6.13. The van der Waals surface area contributed by atoms with Crippen LogP contribution >= 0.6 is 0 Å². The van der Waals surface area contributed by atoms with Gasteiger partial charge in [-0.2, -0.15) is 9.57 Å². The van der Waals surface area contributed by atoms with E-state index in [2.05, 4.69) is 0 Å². The summed E-state index contributed by atoms with van der Waals surface area (Å²) in [5.74, 6) is 0. The zero-order chi connectivity index (χ0) is 12.5. The van der Waals surface area contributed by atoms with Crippen LogP contribution in [0.2, 0.25) is 0 Å². The fraction of sp³-hybridized carbons (Fsp3) is 0.364. The molecule has 6 heteroatoms. The Bertz CT molecular complexity index is 569. The predicted octanol–water partition coefficient (Wildman–Crippen LogP) is 0.925. The number of nitrogen functional groups attached to an aromatic ring is 1. The van der Waals surface area contributed by atoms with Gasteiger partial charge in [-0.1, -0.05) is 0 Å². The zero-order valence-corrected chi connectivity index (χ0v) is 10.1. The van der Waals surface area contributed by atoms with Crippen molar-refractivity contribution in [3.63, 3.8) is 0 Å². The Kier molecular flexibility index (Phi) is 3.05. The van der Waals surface area contributed by atoms with Crippen LogP contribution in [0.3, 0.4) is 0 Å². The van der Waals surface area contributed by atoms with Crippen molar-refractivity contribution in [2.45, 2.75) is 17.7 Å². The summed E-state index contributed by atoms with van der Waals surface area (Å²) in [5, 5.41) is 8.84. The first kappa shape index (κ1) is 11.9. The van der Waals surface area contributed by atoms with Crippen LogP contribution in [0.4, 0.5) is 5.69 Å². The summed E-state index contributed by atoms with van der Waals surface area (Å²) in [6.45, 7) is 1.10. The van der Waals surface area contributed by atoms with Crippen LogP contribution in [0, 0.1) is 11.3 Å². The minimum absolute atomic E-state index is 0.144. The maximum Gasteiger partial charge on any atom is 0.243 e. The molecule has 1 aliphatic heterocycles. The van der Waals surface area contributed by atoms with E-state index >= 15 is 0 Å². The molecular weight excluding hydrogens is 238 g/mol. The lowest BCUT2D eigenvalue weighted by Gasteiger charge is -2.15. The van der Waals surface area contributed by atoms with Crippen molar-refractivity contribution in [2.75, 3.05) is 18.8 Å². The Labute approximate surface area is 101 Å². The molecule has 0 aliphatic carbocycles. The van der Waals surface area contributed by atoms with E-state index in [1.807, 2.05) is 6.07 Å². The molecule has 0 radical (unpaired) electrons. The fourth-order valence-electron chi connectivity index (χ4n) is 1.87. The Morgan fingerprint density at radius 2 is 1.94 bits per heavy atom. The lowest BCUT2D eigenvalue weighted by molar-refractivity contribution is 0.477. The third-order valence-corrected chi connectivity index (χ3v) is 4.74. The first-order chi connectivity index (χ1) is 8.05. The average molecular weight is 251 g/mol. The number of rotatable bonds is 2. The first-order valence-corrected chi connectivity index (χ1v) is 6.79. The number of nitriles is 1. The molecule has 0 bridgehead atoms. The van der Waals surface area contributed by atoms with Crippen LogP contribution in [0.1, 0.15) is 18.4 Å². The largest absolute Gasteiger partial charge is 0.398 e. The molecule has 0 atom stereocenters. The van der Waals surface area contributed by atoms with Gasteiger partial charge in [0.1, 0.15) is 6.07 Å². The van der Waals surface area contributed by atoms with Gasteiger partial charge in [0.2, 0.25) is 10.0 Å². The quantitative estimate of drug-likeness (QED) is 0.792. The predicted molar refractivity (Wildman–Crippen MR) is 63.6 cm³/mol. The van der Waals surface area contributed by atoms with Crippen LogP contribution in [0.15, 0.2) is 23.1 Å². The molecule has 2 rings (SSSR count). The molecule has 0 spiro atoms. The Morgan fingerprint density at radius 3 is 2.53 bits per heavy atom. The Balaban J connectivity index is 2.43. The van der Waals surface area contributed by atoms with E-state index < -0.39 is 10.0 Å². The summed E-state index contributed by atoms with van der Waals surface area (Å²) >= 11 is 0. The Morgan fingerprint density at radius 1 is 1.29 bits per heavy atom. The van der Waals surface area contributed by atoms with E-state index in [1.165, 1.54) is 22.5 Å². The van der Waals surface area contributed by atoms with Crippen molar-refractivity contribution in [3.8, 4) is 6.07 Å². The summed E-state index contributed by atoms with van der Waals surface area (Å²) in [6.07, 6.45) is 1.78. The fourth-order valence-corrected chi connectivity index (χ4v) is 3.41.